The highest BCUT2D eigenvalue weighted by Gasteiger charge is 2.59. The maximum absolute atomic E-state index is 2.71. The molecule has 2 aliphatic carbocycles. The minimum absolute atomic E-state index is 0.0168. The Balaban J connectivity index is 1.01. The van der Waals surface area contributed by atoms with Crippen LogP contribution in [0.2, 0.25) is 0 Å². The van der Waals surface area contributed by atoms with Crippen LogP contribution in [0.4, 0.5) is 22.7 Å². The Morgan fingerprint density at radius 2 is 0.667 bits per heavy atom. The van der Waals surface area contributed by atoms with Crippen molar-refractivity contribution in [2.24, 2.45) is 0 Å². The molecule has 0 bridgehead atoms. The molecule has 2 heterocycles. The van der Waals surface area contributed by atoms with Crippen molar-refractivity contribution >= 4 is 76.6 Å². The average molecular weight is 1010 g/mol. The second-order valence-electron chi connectivity index (χ2n) is 24.5. The lowest BCUT2D eigenvalue weighted by atomic mass is 9.61. The van der Waals surface area contributed by atoms with Crippen molar-refractivity contribution in [1.82, 2.24) is 0 Å². The van der Waals surface area contributed by atoms with Gasteiger partial charge in [-0.15, -0.1) is 0 Å². The third-order valence-corrected chi connectivity index (χ3v) is 20.9. The van der Waals surface area contributed by atoms with Crippen LogP contribution in [0.5, 0.6) is 0 Å². The van der Waals surface area contributed by atoms with Crippen molar-refractivity contribution in [3.05, 3.63) is 230 Å². The van der Waals surface area contributed by atoms with Gasteiger partial charge in [-0.25, -0.2) is 0 Å². The van der Waals surface area contributed by atoms with Gasteiger partial charge in [-0.3, -0.25) is 0 Å². The van der Waals surface area contributed by atoms with Crippen molar-refractivity contribution in [2.45, 2.75) is 101 Å². The quantitative estimate of drug-likeness (QED) is 0.153. The number of hydrogen-bond acceptors (Lipinski definition) is 2. The molecule has 12 aromatic carbocycles. The van der Waals surface area contributed by atoms with E-state index in [1.807, 2.05) is 0 Å². The van der Waals surface area contributed by atoms with Gasteiger partial charge in [0, 0.05) is 33.6 Å². The summed E-state index contributed by atoms with van der Waals surface area (Å²) in [4.78, 5) is 5.42. The molecule has 16 rings (SSSR count). The van der Waals surface area contributed by atoms with Crippen LogP contribution in [0.15, 0.2) is 218 Å². The van der Waals surface area contributed by atoms with Gasteiger partial charge in [-0.2, -0.15) is 0 Å². The zero-order chi connectivity index (χ0) is 52.1. The third-order valence-electron chi connectivity index (χ3n) is 20.9. The van der Waals surface area contributed by atoms with Gasteiger partial charge in [0.05, 0.1) is 11.1 Å². The highest BCUT2D eigenvalue weighted by atomic mass is 15.3. The number of benzene rings is 12. The summed E-state index contributed by atoms with van der Waals surface area (Å²) in [7, 11) is 0. The Morgan fingerprint density at radius 3 is 1.10 bits per heavy atom. The smallest absolute Gasteiger partial charge is 0.0517 e. The summed E-state index contributed by atoms with van der Waals surface area (Å²) in [6.45, 7) is 10.3. The fraction of sp³-hybridized carbons (Fsp3) is 0.211. The molecule has 2 fully saturated rings. The molecule has 0 spiro atoms. The Bertz CT molecular complexity index is 4130. The van der Waals surface area contributed by atoms with Gasteiger partial charge in [0.2, 0.25) is 0 Å². The summed E-state index contributed by atoms with van der Waals surface area (Å²) in [5, 5.41) is 13.0. The average Bonchev–Trinajstić information content (AvgIpc) is 2.90. The van der Waals surface area contributed by atoms with E-state index in [4.69, 9.17) is 0 Å². The van der Waals surface area contributed by atoms with Gasteiger partial charge in [0.15, 0.2) is 0 Å². The second-order valence-corrected chi connectivity index (χ2v) is 24.5. The molecule has 378 valence electrons. The van der Waals surface area contributed by atoms with Gasteiger partial charge in [0.25, 0.3) is 0 Å². The van der Waals surface area contributed by atoms with Crippen LogP contribution in [0.3, 0.4) is 0 Å². The number of anilines is 4. The molecule has 78 heavy (non-hydrogen) atoms. The Labute approximate surface area is 458 Å². The molecule has 2 heteroatoms. The highest BCUT2D eigenvalue weighted by Crippen LogP contribution is 2.63. The summed E-state index contributed by atoms with van der Waals surface area (Å²) in [6.07, 6.45) is 9.68. The largest absolute Gasteiger partial charge is 0.334 e. The van der Waals surface area contributed by atoms with Crippen molar-refractivity contribution in [3.8, 4) is 44.5 Å². The van der Waals surface area contributed by atoms with Gasteiger partial charge in [-0.05, 0) is 210 Å². The van der Waals surface area contributed by atoms with Crippen LogP contribution in [0.25, 0.3) is 98.4 Å². The first kappa shape index (κ1) is 45.9. The molecular formula is C76H64N2. The highest BCUT2D eigenvalue weighted by molar-refractivity contribution is 6.33. The standard InChI is InChI=1S/C76H64N2/c1-73-41-15-17-43-75(73,3)77(53-25-7-5-8-26-53)69-39-33-51(45-67(69)73)63-47-65(57-31-19-23-49-21-11-13-29-55(49)57)61-38-36-60-64(48-66(62-37-35-59(63)71(61)72(60)62)58-32-20-24-50-22-12-14-30-56(50)58)52-34-40-70-68(46-52)74(2)42-16-18-44-76(74,4)78(70)54-27-9-6-10-28-54/h5-14,19-40,45-48H,15-18,41-44H2,1-4H3. The molecule has 0 radical (unpaired) electrons. The van der Waals surface area contributed by atoms with Crippen LogP contribution in [0.1, 0.15) is 90.2 Å². The maximum atomic E-state index is 2.71. The molecule has 4 atom stereocenters. The summed E-state index contributed by atoms with van der Waals surface area (Å²) >= 11 is 0. The molecule has 2 nitrogen and oxygen atoms in total. The number of rotatable bonds is 6. The lowest BCUT2D eigenvalue weighted by molar-refractivity contribution is 0.195. The molecule has 0 amide bonds. The summed E-state index contributed by atoms with van der Waals surface area (Å²) < 4.78 is 0. The fourth-order valence-electron chi connectivity index (χ4n) is 16.6. The van der Waals surface area contributed by atoms with Gasteiger partial charge in [-0.1, -0.05) is 197 Å². The van der Waals surface area contributed by atoms with Gasteiger partial charge >= 0.3 is 0 Å². The van der Waals surface area contributed by atoms with E-state index in [2.05, 4.69) is 256 Å². The van der Waals surface area contributed by atoms with Gasteiger partial charge < -0.3 is 9.80 Å². The summed E-state index contributed by atoms with van der Waals surface area (Å²) in [5.41, 5.74) is 18.4. The van der Waals surface area contributed by atoms with E-state index in [0.717, 1.165) is 0 Å². The molecule has 2 saturated carbocycles. The fourth-order valence-corrected chi connectivity index (χ4v) is 16.6. The second kappa shape index (κ2) is 16.7. The first-order valence-electron chi connectivity index (χ1n) is 28.9. The van der Waals surface area contributed by atoms with E-state index in [0.29, 0.717) is 0 Å². The molecule has 4 aliphatic rings. The monoisotopic (exact) mass is 1000 g/mol. The van der Waals surface area contributed by atoms with Crippen LogP contribution in [0, 0.1) is 0 Å². The van der Waals surface area contributed by atoms with Crippen LogP contribution < -0.4 is 9.80 Å². The molecule has 2 aliphatic heterocycles. The SMILES string of the molecule is CC12CCCCC1(C)N(c1ccccc1)c1ccc(-c3cc(-c4cccc5ccccc45)c4ccc5c(-c6ccc7c(c6)C6(C)CCCCC6(C)N7c6ccccc6)cc(-c6cccc7ccccc67)c6ccc3c4c56)cc12. The van der Waals surface area contributed by atoms with Crippen molar-refractivity contribution in [3.63, 3.8) is 0 Å². The topological polar surface area (TPSA) is 6.48 Å². The van der Waals surface area contributed by atoms with E-state index in [1.54, 1.807) is 0 Å². The molecule has 4 unspecified atom stereocenters. The minimum Gasteiger partial charge on any atom is -0.334 e. The van der Waals surface area contributed by atoms with E-state index in [-0.39, 0.29) is 21.9 Å². The lowest BCUT2D eigenvalue weighted by Gasteiger charge is -2.50. The number of fused-ring (bicyclic) bond motifs is 8. The molecule has 0 saturated heterocycles. The predicted molar refractivity (Wildman–Crippen MR) is 333 cm³/mol. The van der Waals surface area contributed by atoms with Crippen LogP contribution in [-0.2, 0) is 10.8 Å². The van der Waals surface area contributed by atoms with Crippen molar-refractivity contribution in [1.29, 1.82) is 0 Å². The first-order chi connectivity index (χ1) is 38.2. The number of hydrogen-bond donors (Lipinski definition) is 0. The third kappa shape index (κ3) is 6.15. The molecule has 12 aromatic rings. The lowest BCUT2D eigenvalue weighted by Crippen LogP contribution is -2.54. The van der Waals surface area contributed by atoms with E-state index >= 15 is 0 Å². The predicted octanol–water partition coefficient (Wildman–Crippen LogP) is 21.0. The summed E-state index contributed by atoms with van der Waals surface area (Å²) in [5.74, 6) is 0. The van der Waals surface area contributed by atoms with Gasteiger partial charge in [0.1, 0.15) is 0 Å². The molecular weight excluding hydrogens is 941 g/mol. The van der Waals surface area contributed by atoms with Crippen molar-refractivity contribution < 1.29 is 0 Å². The molecule has 0 aromatic heterocycles. The van der Waals surface area contributed by atoms with E-state index in [1.165, 1.54) is 184 Å². The normalized spacial score (nSPS) is 22.6. The minimum atomic E-state index is -0.0385. The number of nitrogens with zero attached hydrogens (tertiary/aromatic N) is 2. The Morgan fingerprint density at radius 1 is 0.295 bits per heavy atom. The zero-order valence-electron chi connectivity index (χ0n) is 45.3. The summed E-state index contributed by atoms with van der Waals surface area (Å²) in [6, 6.07) is 84.3. The maximum Gasteiger partial charge on any atom is 0.0517 e. The van der Waals surface area contributed by atoms with E-state index in [9.17, 15) is 0 Å². The van der Waals surface area contributed by atoms with E-state index < -0.39 is 0 Å². The first-order valence-corrected chi connectivity index (χ1v) is 28.9. The Hall–Kier alpha value is -8.20. The van der Waals surface area contributed by atoms with Crippen molar-refractivity contribution in [2.75, 3.05) is 9.80 Å². The molecule has 0 N–H and O–H groups in total. The Kier molecular flexibility index (Phi) is 9.81. The zero-order valence-corrected chi connectivity index (χ0v) is 45.3. The van der Waals surface area contributed by atoms with Crippen LogP contribution >= 0.6 is 0 Å². The van der Waals surface area contributed by atoms with Crippen LogP contribution in [-0.4, -0.2) is 11.1 Å². The number of para-hydroxylation sites is 2.